The average molecular weight is 298 g/mol. The third kappa shape index (κ3) is 3.20. The first kappa shape index (κ1) is 14.2. The maximum atomic E-state index is 13.5. The van der Waals surface area contributed by atoms with E-state index in [1.807, 2.05) is 25.1 Å². The number of halogens is 3. The summed E-state index contributed by atoms with van der Waals surface area (Å²) in [6.45, 7) is 3.69. The molecule has 0 spiro atoms. The Morgan fingerprint density at radius 2 is 1.89 bits per heavy atom. The summed E-state index contributed by atoms with van der Waals surface area (Å²) < 4.78 is 13.5. The van der Waals surface area contributed by atoms with Crippen molar-refractivity contribution in [1.82, 2.24) is 0 Å². The highest BCUT2D eigenvalue weighted by Gasteiger charge is 2.10. The van der Waals surface area contributed by atoms with Gasteiger partial charge in [0.15, 0.2) is 0 Å². The van der Waals surface area contributed by atoms with E-state index >= 15 is 0 Å². The Labute approximate surface area is 122 Å². The zero-order chi connectivity index (χ0) is 14.0. The van der Waals surface area contributed by atoms with Crippen LogP contribution in [0.2, 0.25) is 10.0 Å². The van der Waals surface area contributed by atoms with Crippen LogP contribution in [-0.4, -0.2) is 0 Å². The molecule has 0 aromatic heterocycles. The largest absolute Gasteiger partial charge is 0.377 e. The molecule has 0 aliphatic carbocycles. The Balaban J connectivity index is 2.23. The molecule has 100 valence electrons. The molecule has 0 fully saturated rings. The van der Waals surface area contributed by atoms with E-state index in [-0.39, 0.29) is 11.9 Å². The van der Waals surface area contributed by atoms with Crippen LogP contribution < -0.4 is 5.32 Å². The molecule has 0 heterocycles. The van der Waals surface area contributed by atoms with Gasteiger partial charge in [-0.2, -0.15) is 0 Å². The maximum Gasteiger partial charge on any atom is 0.126 e. The van der Waals surface area contributed by atoms with E-state index in [0.29, 0.717) is 15.6 Å². The highest BCUT2D eigenvalue weighted by Crippen LogP contribution is 2.32. The van der Waals surface area contributed by atoms with Crippen molar-refractivity contribution in [3.8, 4) is 0 Å². The van der Waals surface area contributed by atoms with Crippen molar-refractivity contribution in [3.63, 3.8) is 0 Å². The molecule has 4 heteroatoms. The molecular weight excluding hydrogens is 284 g/mol. The summed E-state index contributed by atoms with van der Waals surface area (Å²) in [4.78, 5) is 0. The maximum absolute atomic E-state index is 13.5. The van der Waals surface area contributed by atoms with E-state index in [2.05, 4.69) is 5.32 Å². The number of benzene rings is 2. The van der Waals surface area contributed by atoms with Gasteiger partial charge >= 0.3 is 0 Å². The zero-order valence-corrected chi connectivity index (χ0v) is 12.2. The second kappa shape index (κ2) is 5.81. The van der Waals surface area contributed by atoms with Gasteiger partial charge in [0.2, 0.25) is 0 Å². The Bertz CT molecular complexity index is 599. The second-order valence-corrected chi connectivity index (χ2v) is 5.26. The third-order valence-corrected chi connectivity index (χ3v) is 3.84. The minimum atomic E-state index is -0.205. The van der Waals surface area contributed by atoms with E-state index < -0.39 is 0 Å². The van der Waals surface area contributed by atoms with E-state index in [0.717, 1.165) is 11.3 Å². The van der Waals surface area contributed by atoms with E-state index in [9.17, 15) is 4.39 Å². The van der Waals surface area contributed by atoms with Gasteiger partial charge in [-0.25, -0.2) is 4.39 Å². The number of aryl methyl sites for hydroxylation is 1. The lowest BCUT2D eigenvalue weighted by molar-refractivity contribution is 0.614. The van der Waals surface area contributed by atoms with Gasteiger partial charge < -0.3 is 5.32 Å². The molecule has 1 unspecified atom stereocenters. The minimum Gasteiger partial charge on any atom is -0.377 e. The van der Waals surface area contributed by atoms with Gasteiger partial charge in [-0.1, -0.05) is 41.4 Å². The summed E-state index contributed by atoms with van der Waals surface area (Å²) in [5.74, 6) is -0.205. The monoisotopic (exact) mass is 297 g/mol. The fourth-order valence-electron chi connectivity index (χ4n) is 1.81. The molecule has 0 amide bonds. The predicted octanol–water partition coefficient (Wildman–Crippen LogP) is 5.61. The van der Waals surface area contributed by atoms with Gasteiger partial charge in [-0.15, -0.1) is 0 Å². The van der Waals surface area contributed by atoms with Crippen molar-refractivity contribution < 1.29 is 4.39 Å². The molecule has 0 aliphatic rings. The van der Waals surface area contributed by atoms with Gasteiger partial charge in [0.1, 0.15) is 5.82 Å². The number of hydrogen-bond acceptors (Lipinski definition) is 1. The highest BCUT2D eigenvalue weighted by atomic mass is 35.5. The van der Waals surface area contributed by atoms with E-state index in [1.165, 1.54) is 6.07 Å². The second-order valence-electron chi connectivity index (χ2n) is 4.48. The van der Waals surface area contributed by atoms with Crippen molar-refractivity contribution in [3.05, 3.63) is 63.4 Å². The van der Waals surface area contributed by atoms with Crippen LogP contribution in [0.3, 0.4) is 0 Å². The Morgan fingerprint density at radius 1 is 1.16 bits per heavy atom. The lowest BCUT2D eigenvalue weighted by atomic mass is 10.1. The number of anilines is 1. The van der Waals surface area contributed by atoms with E-state index in [1.54, 1.807) is 19.1 Å². The number of hydrogen-bond donors (Lipinski definition) is 1. The fourth-order valence-corrected chi connectivity index (χ4v) is 2.17. The Kier molecular flexibility index (Phi) is 4.33. The molecule has 0 aliphatic heterocycles. The molecule has 1 N–H and O–H groups in total. The molecule has 1 atom stereocenters. The summed E-state index contributed by atoms with van der Waals surface area (Å²) in [5.41, 5.74) is 2.23. The van der Waals surface area contributed by atoms with Gasteiger partial charge in [0.05, 0.1) is 15.7 Å². The Morgan fingerprint density at radius 3 is 2.58 bits per heavy atom. The quantitative estimate of drug-likeness (QED) is 0.776. The number of rotatable bonds is 3. The summed E-state index contributed by atoms with van der Waals surface area (Å²) >= 11 is 12.1. The van der Waals surface area contributed by atoms with Crippen LogP contribution in [0.4, 0.5) is 10.1 Å². The lowest BCUT2D eigenvalue weighted by Gasteiger charge is -2.17. The first-order valence-electron chi connectivity index (χ1n) is 5.95. The lowest BCUT2D eigenvalue weighted by Crippen LogP contribution is -2.07. The predicted molar refractivity (Wildman–Crippen MR) is 79.6 cm³/mol. The molecule has 0 bridgehead atoms. The Hall–Kier alpha value is -1.25. The van der Waals surface area contributed by atoms with Gasteiger partial charge in [0, 0.05) is 6.04 Å². The zero-order valence-electron chi connectivity index (χ0n) is 10.7. The first-order valence-corrected chi connectivity index (χ1v) is 6.71. The number of nitrogens with one attached hydrogen (secondary N) is 1. The van der Waals surface area contributed by atoms with Crippen molar-refractivity contribution in [2.24, 2.45) is 0 Å². The molecule has 19 heavy (non-hydrogen) atoms. The normalized spacial score (nSPS) is 12.3. The molecule has 2 aromatic carbocycles. The van der Waals surface area contributed by atoms with Crippen molar-refractivity contribution in [2.45, 2.75) is 19.9 Å². The fraction of sp³-hybridized carbons (Fsp3) is 0.200. The summed E-state index contributed by atoms with van der Waals surface area (Å²) in [6.07, 6.45) is 0. The summed E-state index contributed by atoms with van der Waals surface area (Å²) in [7, 11) is 0. The molecule has 2 rings (SSSR count). The molecule has 1 nitrogen and oxygen atoms in total. The van der Waals surface area contributed by atoms with Crippen LogP contribution in [0.5, 0.6) is 0 Å². The van der Waals surface area contributed by atoms with Crippen molar-refractivity contribution >= 4 is 28.9 Å². The minimum absolute atomic E-state index is 0.0638. The molecular formula is C15H14Cl2FN. The average Bonchev–Trinajstić information content (AvgIpc) is 2.38. The van der Waals surface area contributed by atoms with Gasteiger partial charge in [-0.3, -0.25) is 0 Å². The van der Waals surface area contributed by atoms with Crippen LogP contribution in [0.25, 0.3) is 0 Å². The third-order valence-electron chi connectivity index (χ3n) is 3.02. The first-order chi connectivity index (χ1) is 8.99. The summed E-state index contributed by atoms with van der Waals surface area (Å²) in [5, 5.41) is 4.20. The van der Waals surface area contributed by atoms with Crippen LogP contribution in [0, 0.1) is 12.7 Å². The van der Waals surface area contributed by atoms with Crippen molar-refractivity contribution in [1.29, 1.82) is 0 Å². The topological polar surface area (TPSA) is 12.0 Å². The molecule has 0 saturated carbocycles. The van der Waals surface area contributed by atoms with Gasteiger partial charge in [0.25, 0.3) is 0 Å². The smallest absolute Gasteiger partial charge is 0.126 e. The highest BCUT2D eigenvalue weighted by molar-refractivity contribution is 6.43. The van der Waals surface area contributed by atoms with Crippen LogP contribution in [0.15, 0.2) is 36.4 Å². The van der Waals surface area contributed by atoms with Crippen molar-refractivity contribution in [2.75, 3.05) is 5.32 Å². The van der Waals surface area contributed by atoms with E-state index in [4.69, 9.17) is 23.2 Å². The molecule has 2 aromatic rings. The van der Waals surface area contributed by atoms with Crippen LogP contribution in [0.1, 0.15) is 24.1 Å². The van der Waals surface area contributed by atoms with Crippen LogP contribution >= 0.6 is 23.2 Å². The molecule has 0 saturated heterocycles. The SMILES string of the molecule is Cc1ccc(C(C)Nc2cccc(Cl)c2Cl)cc1F. The summed E-state index contributed by atoms with van der Waals surface area (Å²) in [6, 6.07) is 10.5. The van der Waals surface area contributed by atoms with Gasteiger partial charge in [-0.05, 0) is 43.2 Å². The standard InChI is InChI=1S/C15H14Cl2FN/c1-9-6-7-11(8-13(9)18)10(2)19-14-5-3-4-12(16)15(14)17/h3-8,10,19H,1-2H3. The molecule has 0 radical (unpaired) electrons. The van der Waals surface area contributed by atoms with Crippen LogP contribution in [-0.2, 0) is 0 Å².